The molecule has 0 amide bonds. The molecule has 0 unspecified atom stereocenters. The average Bonchev–Trinajstić information content (AvgIpc) is 2.06. The Balaban J connectivity index is 1.99. The summed E-state index contributed by atoms with van der Waals surface area (Å²) in [6.45, 7) is 5.20. The van der Waals surface area contributed by atoms with Gasteiger partial charge in [-0.3, -0.25) is 0 Å². The van der Waals surface area contributed by atoms with Crippen LogP contribution in [0.4, 0.5) is 0 Å². The number of fused-ring (bicyclic) bond motifs is 1. The first-order valence-corrected chi connectivity index (χ1v) is 5.12. The van der Waals surface area contributed by atoms with Crippen LogP contribution in [-0.4, -0.2) is 24.0 Å². The van der Waals surface area contributed by atoms with Crippen molar-refractivity contribution in [2.75, 3.05) is 13.1 Å². The first-order valence-electron chi connectivity index (χ1n) is 5.12. The van der Waals surface area contributed by atoms with Crippen LogP contribution in [0, 0.1) is 5.92 Å². The number of hydrogen-bond acceptors (Lipinski definition) is 1. The first kappa shape index (κ1) is 7.60. The van der Waals surface area contributed by atoms with Crippen molar-refractivity contribution >= 4 is 0 Å². The summed E-state index contributed by atoms with van der Waals surface area (Å²) in [7, 11) is 0. The summed E-state index contributed by atoms with van der Waals surface area (Å²) in [5.74, 6) is 0.976. The molecule has 2 rings (SSSR count). The molecule has 1 heteroatoms. The van der Waals surface area contributed by atoms with Crippen LogP contribution in [-0.2, 0) is 0 Å². The minimum Gasteiger partial charge on any atom is -0.300 e. The van der Waals surface area contributed by atoms with Crippen LogP contribution in [0.25, 0.3) is 0 Å². The molecular formula is C10H19N. The molecule has 2 saturated heterocycles. The van der Waals surface area contributed by atoms with Gasteiger partial charge in [-0.2, -0.15) is 0 Å². The van der Waals surface area contributed by atoms with Gasteiger partial charge in [0.05, 0.1) is 0 Å². The molecule has 0 bridgehead atoms. The van der Waals surface area contributed by atoms with E-state index in [1.807, 2.05) is 0 Å². The number of rotatable bonds is 0. The number of nitrogens with zero attached hydrogens (tertiary/aromatic N) is 1. The van der Waals surface area contributed by atoms with Gasteiger partial charge in [0.2, 0.25) is 0 Å². The Labute approximate surface area is 69.8 Å². The Morgan fingerprint density at radius 1 is 1.00 bits per heavy atom. The Hall–Kier alpha value is -0.0400. The molecule has 0 radical (unpaired) electrons. The molecule has 2 aliphatic heterocycles. The molecule has 0 aromatic heterocycles. The molecule has 0 saturated carbocycles. The van der Waals surface area contributed by atoms with Crippen molar-refractivity contribution in [3.63, 3.8) is 0 Å². The van der Waals surface area contributed by atoms with E-state index in [1.165, 1.54) is 45.2 Å². The summed E-state index contributed by atoms with van der Waals surface area (Å²) in [5.41, 5.74) is 0. The van der Waals surface area contributed by atoms with E-state index in [4.69, 9.17) is 0 Å². The molecule has 11 heavy (non-hydrogen) atoms. The number of piperidine rings is 2. The summed E-state index contributed by atoms with van der Waals surface area (Å²) >= 11 is 0. The lowest BCUT2D eigenvalue weighted by Gasteiger charge is -2.43. The first-order chi connectivity index (χ1) is 5.38. The van der Waals surface area contributed by atoms with Crippen molar-refractivity contribution in [3.8, 4) is 0 Å². The highest BCUT2D eigenvalue weighted by atomic mass is 15.2. The third-order valence-electron chi connectivity index (χ3n) is 3.43. The van der Waals surface area contributed by atoms with Crippen molar-refractivity contribution in [1.82, 2.24) is 4.90 Å². The normalized spacial score (nSPS) is 40.1. The topological polar surface area (TPSA) is 3.24 Å². The second-order valence-electron chi connectivity index (χ2n) is 4.22. The fourth-order valence-electron chi connectivity index (χ4n) is 2.75. The SMILES string of the molecule is C[C@@H]1CCCN2CCCC[C@H]12. The van der Waals surface area contributed by atoms with Crippen molar-refractivity contribution < 1.29 is 0 Å². The minimum atomic E-state index is 0.956. The lowest BCUT2D eigenvalue weighted by Crippen LogP contribution is -2.46. The zero-order chi connectivity index (χ0) is 7.68. The standard InChI is InChI=1S/C10H19N/c1-9-5-4-8-11-7-3-2-6-10(9)11/h9-10H,2-8H2,1H3/t9-,10-/m1/s1. The molecule has 2 aliphatic rings. The molecule has 2 fully saturated rings. The second kappa shape index (κ2) is 3.14. The van der Waals surface area contributed by atoms with Crippen LogP contribution < -0.4 is 0 Å². The smallest absolute Gasteiger partial charge is 0.0121 e. The van der Waals surface area contributed by atoms with Crippen LogP contribution in [0.5, 0.6) is 0 Å². The van der Waals surface area contributed by atoms with E-state index in [2.05, 4.69) is 11.8 Å². The van der Waals surface area contributed by atoms with E-state index in [9.17, 15) is 0 Å². The van der Waals surface area contributed by atoms with E-state index < -0.39 is 0 Å². The zero-order valence-corrected chi connectivity index (χ0v) is 7.55. The van der Waals surface area contributed by atoms with Crippen LogP contribution in [0.1, 0.15) is 39.0 Å². The molecule has 0 aliphatic carbocycles. The maximum absolute atomic E-state index is 2.72. The van der Waals surface area contributed by atoms with Crippen LogP contribution in [0.15, 0.2) is 0 Å². The fourth-order valence-corrected chi connectivity index (χ4v) is 2.75. The van der Waals surface area contributed by atoms with Gasteiger partial charge in [0.15, 0.2) is 0 Å². The van der Waals surface area contributed by atoms with Gasteiger partial charge in [-0.1, -0.05) is 13.3 Å². The third kappa shape index (κ3) is 1.44. The maximum atomic E-state index is 2.72. The van der Waals surface area contributed by atoms with E-state index in [0.717, 1.165) is 12.0 Å². The van der Waals surface area contributed by atoms with Crippen LogP contribution in [0.2, 0.25) is 0 Å². The summed E-state index contributed by atoms with van der Waals surface area (Å²) in [4.78, 5) is 2.72. The molecule has 64 valence electrons. The van der Waals surface area contributed by atoms with Crippen molar-refractivity contribution in [2.24, 2.45) is 5.92 Å². The fraction of sp³-hybridized carbons (Fsp3) is 1.00. The summed E-state index contributed by atoms with van der Waals surface area (Å²) in [6, 6.07) is 0.956. The van der Waals surface area contributed by atoms with Gasteiger partial charge in [-0.05, 0) is 44.7 Å². The Morgan fingerprint density at radius 2 is 1.82 bits per heavy atom. The molecule has 0 aromatic carbocycles. The molecule has 0 N–H and O–H groups in total. The summed E-state index contributed by atoms with van der Waals surface area (Å²) in [6.07, 6.45) is 7.31. The van der Waals surface area contributed by atoms with E-state index in [0.29, 0.717) is 0 Å². The zero-order valence-electron chi connectivity index (χ0n) is 7.55. The Kier molecular flexibility index (Phi) is 2.17. The predicted octanol–water partition coefficient (Wildman–Crippen LogP) is 2.27. The van der Waals surface area contributed by atoms with Gasteiger partial charge in [0.25, 0.3) is 0 Å². The van der Waals surface area contributed by atoms with Gasteiger partial charge in [-0.15, -0.1) is 0 Å². The number of hydrogen-bond donors (Lipinski definition) is 0. The molecule has 2 atom stereocenters. The molecule has 0 aromatic rings. The highest BCUT2D eigenvalue weighted by molar-refractivity contribution is 4.84. The van der Waals surface area contributed by atoms with Crippen LogP contribution in [0.3, 0.4) is 0 Å². The monoisotopic (exact) mass is 153 g/mol. The summed E-state index contributed by atoms with van der Waals surface area (Å²) in [5, 5.41) is 0. The van der Waals surface area contributed by atoms with Gasteiger partial charge >= 0.3 is 0 Å². The molecule has 0 spiro atoms. The largest absolute Gasteiger partial charge is 0.300 e. The van der Waals surface area contributed by atoms with Gasteiger partial charge < -0.3 is 4.90 Å². The highest BCUT2D eigenvalue weighted by Crippen LogP contribution is 2.29. The molecule has 2 heterocycles. The Morgan fingerprint density at radius 3 is 2.64 bits per heavy atom. The van der Waals surface area contributed by atoms with Crippen LogP contribution >= 0.6 is 0 Å². The van der Waals surface area contributed by atoms with Gasteiger partial charge in [0.1, 0.15) is 0 Å². The lowest BCUT2D eigenvalue weighted by atomic mass is 9.85. The van der Waals surface area contributed by atoms with E-state index >= 15 is 0 Å². The second-order valence-corrected chi connectivity index (χ2v) is 4.22. The summed E-state index contributed by atoms with van der Waals surface area (Å²) < 4.78 is 0. The van der Waals surface area contributed by atoms with Crippen molar-refractivity contribution in [1.29, 1.82) is 0 Å². The third-order valence-corrected chi connectivity index (χ3v) is 3.43. The lowest BCUT2D eigenvalue weighted by molar-refractivity contribution is 0.0674. The highest BCUT2D eigenvalue weighted by Gasteiger charge is 2.29. The van der Waals surface area contributed by atoms with Gasteiger partial charge in [-0.25, -0.2) is 0 Å². The molecular weight excluding hydrogens is 134 g/mol. The predicted molar refractivity (Wildman–Crippen MR) is 47.6 cm³/mol. The Bertz CT molecular complexity index is 131. The van der Waals surface area contributed by atoms with Crippen molar-refractivity contribution in [2.45, 2.75) is 45.1 Å². The maximum Gasteiger partial charge on any atom is 0.0121 e. The minimum absolute atomic E-state index is 0.956. The molecule has 1 nitrogen and oxygen atoms in total. The van der Waals surface area contributed by atoms with Gasteiger partial charge in [0, 0.05) is 6.04 Å². The average molecular weight is 153 g/mol. The quantitative estimate of drug-likeness (QED) is 0.516. The van der Waals surface area contributed by atoms with E-state index in [1.54, 1.807) is 0 Å². The van der Waals surface area contributed by atoms with Crippen molar-refractivity contribution in [3.05, 3.63) is 0 Å². The van der Waals surface area contributed by atoms with E-state index in [-0.39, 0.29) is 0 Å².